The molecule has 0 radical (unpaired) electrons. The van der Waals surface area contributed by atoms with E-state index in [-0.39, 0.29) is 6.04 Å². The number of likely N-dealkylation sites (tertiary alicyclic amines) is 1. The molecular weight excluding hydrogens is 246 g/mol. The van der Waals surface area contributed by atoms with E-state index >= 15 is 0 Å². The molecule has 1 fully saturated rings. The molecule has 1 aromatic rings. The SMILES string of the molecule is NC(CCN1CCCCCC1)c1cc(F)cc(F)c1. The largest absolute Gasteiger partial charge is 0.324 e. The molecule has 0 aromatic heterocycles. The van der Waals surface area contributed by atoms with E-state index in [1.807, 2.05) is 0 Å². The first-order valence-corrected chi connectivity index (χ1v) is 7.09. The third-order valence-corrected chi connectivity index (χ3v) is 3.77. The van der Waals surface area contributed by atoms with Gasteiger partial charge in [-0.2, -0.15) is 0 Å². The maximum atomic E-state index is 13.1. The molecule has 0 amide bonds. The van der Waals surface area contributed by atoms with Gasteiger partial charge < -0.3 is 10.6 Å². The van der Waals surface area contributed by atoms with E-state index in [1.54, 1.807) is 0 Å². The van der Waals surface area contributed by atoms with Crippen LogP contribution in [-0.2, 0) is 0 Å². The summed E-state index contributed by atoms with van der Waals surface area (Å²) in [6.07, 6.45) is 5.83. The Bertz CT molecular complexity index is 381. The average molecular weight is 268 g/mol. The zero-order chi connectivity index (χ0) is 13.7. The summed E-state index contributed by atoms with van der Waals surface area (Å²) in [7, 11) is 0. The lowest BCUT2D eigenvalue weighted by Gasteiger charge is -2.22. The Labute approximate surface area is 113 Å². The van der Waals surface area contributed by atoms with Crippen LogP contribution in [0.3, 0.4) is 0 Å². The molecule has 0 spiro atoms. The molecule has 2 N–H and O–H groups in total. The highest BCUT2D eigenvalue weighted by molar-refractivity contribution is 5.21. The molecule has 4 heteroatoms. The minimum absolute atomic E-state index is 0.298. The highest BCUT2D eigenvalue weighted by atomic mass is 19.1. The van der Waals surface area contributed by atoms with Crippen molar-refractivity contribution in [2.24, 2.45) is 5.73 Å². The minimum Gasteiger partial charge on any atom is -0.324 e. The zero-order valence-electron chi connectivity index (χ0n) is 11.2. The molecule has 0 saturated carbocycles. The maximum Gasteiger partial charge on any atom is 0.126 e. The Morgan fingerprint density at radius 2 is 1.58 bits per heavy atom. The van der Waals surface area contributed by atoms with E-state index in [0.29, 0.717) is 5.56 Å². The van der Waals surface area contributed by atoms with Crippen molar-refractivity contribution in [1.82, 2.24) is 4.90 Å². The lowest BCUT2D eigenvalue weighted by Crippen LogP contribution is -2.28. The molecule has 2 nitrogen and oxygen atoms in total. The van der Waals surface area contributed by atoms with E-state index in [4.69, 9.17) is 5.73 Å². The van der Waals surface area contributed by atoms with E-state index in [0.717, 1.165) is 32.1 Å². The smallest absolute Gasteiger partial charge is 0.126 e. The van der Waals surface area contributed by atoms with Crippen molar-refractivity contribution in [3.05, 3.63) is 35.4 Å². The molecule has 106 valence electrons. The zero-order valence-corrected chi connectivity index (χ0v) is 11.2. The van der Waals surface area contributed by atoms with E-state index < -0.39 is 11.6 Å². The molecule has 2 rings (SSSR count). The average Bonchev–Trinajstić information content (AvgIpc) is 2.63. The van der Waals surface area contributed by atoms with E-state index in [1.165, 1.54) is 37.8 Å². The monoisotopic (exact) mass is 268 g/mol. The molecule has 1 heterocycles. The number of benzene rings is 1. The van der Waals surface area contributed by atoms with Crippen LogP contribution in [0.15, 0.2) is 18.2 Å². The third-order valence-electron chi connectivity index (χ3n) is 3.77. The number of halogens is 2. The van der Waals surface area contributed by atoms with Crippen LogP contribution in [-0.4, -0.2) is 24.5 Å². The van der Waals surface area contributed by atoms with Crippen molar-refractivity contribution >= 4 is 0 Å². The summed E-state index contributed by atoms with van der Waals surface area (Å²) in [5.74, 6) is -1.11. The summed E-state index contributed by atoms with van der Waals surface area (Å²) in [6.45, 7) is 3.13. The fraction of sp³-hybridized carbons (Fsp3) is 0.600. The number of rotatable bonds is 4. The number of hydrogen-bond acceptors (Lipinski definition) is 2. The highest BCUT2D eigenvalue weighted by Gasteiger charge is 2.13. The summed E-state index contributed by atoms with van der Waals surface area (Å²) >= 11 is 0. The van der Waals surface area contributed by atoms with Gasteiger partial charge in [-0.05, 0) is 56.6 Å². The molecule has 0 bridgehead atoms. The molecule has 1 aliphatic heterocycles. The van der Waals surface area contributed by atoms with Crippen LogP contribution >= 0.6 is 0 Å². The van der Waals surface area contributed by atoms with Crippen LogP contribution in [0.5, 0.6) is 0 Å². The predicted molar refractivity (Wildman–Crippen MR) is 72.8 cm³/mol. The first-order valence-electron chi connectivity index (χ1n) is 7.09. The van der Waals surface area contributed by atoms with Gasteiger partial charge in [0, 0.05) is 12.1 Å². The fourth-order valence-corrected chi connectivity index (χ4v) is 2.64. The maximum absolute atomic E-state index is 13.1. The van der Waals surface area contributed by atoms with Crippen LogP contribution in [0.1, 0.15) is 43.7 Å². The molecule has 1 unspecified atom stereocenters. The van der Waals surface area contributed by atoms with Crippen molar-refractivity contribution in [2.45, 2.75) is 38.1 Å². The molecular formula is C15H22F2N2. The van der Waals surface area contributed by atoms with Crippen LogP contribution < -0.4 is 5.73 Å². The first kappa shape index (κ1) is 14.4. The van der Waals surface area contributed by atoms with Gasteiger partial charge >= 0.3 is 0 Å². The Balaban J connectivity index is 1.87. The molecule has 19 heavy (non-hydrogen) atoms. The second-order valence-corrected chi connectivity index (χ2v) is 5.35. The Morgan fingerprint density at radius 3 is 2.16 bits per heavy atom. The molecule has 1 saturated heterocycles. The van der Waals surface area contributed by atoms with Crippen LogP contribution in [0.25, 0.3) is 0 Å². The summed E-state index contributed by atoms with van der Waals surface area (Å²) < 4.78 is 26.3. The summed E-state index contributed by atoms with van der Waals surface area (Å²) in [5.41, 5.74) is 6.58. The second-order valence-electron chi connectivity index (χ2n) is 5.35. The van der Waals surface area contributed by atoms with Gasteiger partial charge in [0.05, 0.1) is 0 Å². The lowest BCUT2D eigenvalue weighted by atomic mass is 10.0. The van der Waals surface area contributed by atoms with Crippen molar-refractivity contribution in [1.29, 1.82) is 0 Å². The van der Waals surface area contributed by atoms with Gasteiger partial charge in [0.25, 0.3) is 0 Å². The Hall–Kier alpha value is -1.00. The second kappa shape index (κ2) is 6.96. The quantitative estimate of drug-likeness (QED) is 0.908. The predicted octanol–water partition coefficient (Wildman–Crippen LogP) is 3.23. The number of hydrogen-bond donors (Lipinski definition) is 1. The van der Waals surface area contributed by atoms with Gasteiger partial charge in [0.2, 0.25) is 0 Å². The van der Waals surface area contributed by atoms with Gasteiger partial charge in [-0.25, -0.2) is 8.78 Å². The molecule has 1 atom stereocenters. The molecule has 0 aliphatic carbocycles. The van der Waals surface area contributed by atoms with Gasteiger partial charge in [-0.3, -0.25) is 0 Å². The van der Waals surface area contributed by atoms with Crippen LogP contribution in [0.4, 0.5) is 8.78 Å². The van der Waals surface area contributed by atoms with Gasteiger partial charge in [-0.1, -0.05) is 12.8 Å². The van der Waals surface area contributed by atoms with Crippen LogP contribution in [0.2, 0.25) is 0 Å². The normalized spacial score (nSPS) is 19.1. The summed E-state index contributed by atoms with van der Waals surface area (Å²) in [5, 5.41) is 0. The number of nitrogens with two attached hydrogens (primary N) is 1. The topological polar surface area (TPSA) is 29.3 Å². The van der Waals surface area contributed by atoms with Crippen molar-refractivity contribution < 1.29 is 8.78 Å². The van der Waals surface area contributed by atoms with Crippen molar-refractivity contribution in [2.75, 3.05) is 19.6 Å². The minimum atomic E-state index is -0.555. The van der Waals surface area contributed by atoms with Gasteiger partial charge in [0.15, 0.2) is 0 Å². The standard InChI is InChI=1S/C15H22F2N2/c16-13-9-12(10-14(17)11-13)15(18)5-8-19-6-3-1-2-4-7-19/h9-11,15H,1-8,18H2. The fourth-order valence-electron chi connectivity index (χ4n) is 2.64. The Kier molecular flexibility index (Phi) is 5.28. The van der Waals surface area contributed by atoms with Crippen LogP contribution in [0, 0.1) is 11.6 Å². The van der Waals surface area contributed by atoms with Crippen molar-refractivity contribution in [3.8, 4) is 0 Å². The molecule has 1 aromatic carbocycles. The highest BCUT2D eigenvalue weighted by Crippen LogP contribution is 2.18. The summed E-state index contributed by atoms with van der Waals surface area (Å²) in [6, 6.07) is 3.24. The first-order chi connectivity index (χ1) is 9.15. The molecule has 1 aliphatic rings. The summed E-state index contributed by atoms with van der Waals surface area (Å²) in [4.78, 5) is 2.41. The lowest BCUT2D eigenvalue weighted by molar-refractivity contribution is 0.273. The van der Waals surface area contributed by atoms with E-state index in [9.17, 15) is 8.78 Å². The van der Waals surface area contributed by atoms with E-state index in [2.05, 4.69) is 4.90 Å². The number of nitrogens with zero attached hydrogens (tertiary/aromatic N) is 1. The van der Waals surface area contributed by atoms with Gasteiger partial charge in [0.1, 0.15) is 11.6 Å². The van der Waals surface area contributed by atoms with Crippen molar-refractivity contribution in [3.63, 3.8) is 0 Å². The Morgan fingerprint density at radius 1 is 1.00 bits per heavy atom. The van der Waals surface area contributed by atoms with Gasteiger partial charge in [-0.15, -0.1) is 0 Å². The third kappa shape index (κ3) is 4.55.